The number of benzene rings is 2. The van der Waals surface area contributed by atoms with Crippen molar-refractivity contribution < 1.29 is 14.4 Å². The van der Waals surface area contributed by atoms with Crippen LogP contribution in [-0.4, -0.2) is 46.1 Å². The predicted molar refractivity (Wildman–Crippen MR) is 138 cm³/mol. The summed E-state index contributed by atoms with van der Waals surface area (Å²) in [4.78, 5) is 44.1. The molecule has 2 atom stereocenters. The third-order valence-electron chi connectivity index (χ3n) is 6.70. The second-order valence-corrected chi connectivity index (χ2v) is 10.6. The van der Waals surface area contributed by atoms with E-state index >= 15 is 0 Å². The Morgan fingerprint density at radius 3 is 2.40 bits per heavy atom. The van der Waals surface area contributed by atoms with Crippen LogP contribution in [0.15, 0.2) is 59.6 Å². The molecule has 35 heavy (non-hydrogen) atoms. The minimum atomic E-state index is -0.477. The fraction of sp³-hybridized carbons (Fsp3) is 0.407. The van der Waals surface area contributed by atoms with Gasteiger partial charge in [-0.05, 0) is 67.9 Å². The van der Waals surface area contributed by atoms with Gasteiger partial charge in [-0.3, -0.25) is 14.4 Å². The molecule has 2 aromatic rings. The van der Waals surface area contributed by atoms with Crippen LogP contribution in [0.3, 0.4) is 0 Å². The number of nitrogens with zero attached hydrogens (tertiary/aromatic N) is 2. The van der Waals surface area contributed by atoms with Gasteiger partial charge in [0.15, 0.2) is 5.17 Å². The lowest BCUT2D eigenvalue weighted by Gasteiger charge is -2.27. The molecule has 2 aromatic carbocycles. The van der Waals surface area contributed by atoms with E-state index in [1.165, 1.54) is 18.2 Å². The van der Waals surface area contributed by atoms with Crippen molar-refractivity contribution >= 4 is 40.3 Å². The van der Waals surface area contributed by atoms with Crippen LogP contribution in [0.4, 0.5) is 5.69 Å². The maximum Gasteiger partial charge on any atom is 0.262 e. The monoisotopic (exact) mass is 490 g/mol. The summed E-state index contributed by atoms with van der Waals surface area (Å²) >= 11 is 1.39. The van der Waals surface area contributed by atoms with E-state index in [1.807, 2.05) is 18.2 Å². The van der Waals surface area contributed by atoms with E-state index in [2.05, 4.69) is 32.7 Å². The average Bonchev–Trinajstić information content (AvgIpc) is 3.67. The zero-order valence-corrected chi connectivity index (χ0v) is 20.4. The van der Waals surface area contributed by atoms with Gasteiger partial charge < -0.3 is 15.5 Å². The first-order valence-electron chi connectivity index (χ1n) is 12.4. The van der Waals surface area contributed by atoms with E-state index in [-0.39, 0.29) is 30.2 Å². The van der Waals surface area contributed by atoms with Crippen LogP contribution in [0.2, 0.25) is 0 Å². The minimum Gasteiger partial charge on any atom is -0.351 e. The molecule has 0 bridgehead atoms. The normalized spacial score (nSPS) is 20.8. The van der Waals surface area contributed by atoms with E-state index in [9.17, 15) is 14.4 Å². The fourth-order valence-electron chi connectivity index (χ4n) is 4.60. The highest BCUT2D eigenvalue weighted by Gasteiger charge is 2.34. The van der Waals surface area contributed by atoms with E-state index < -0.39 is 5.25 Å². The van der Waals surface area contributed by atoms with Crippen molar-refractivity contribution in [3.63, 3.8) is 0 Å². The summed E-state index contributed by atoms with van der Waals surface area (Å²) in [5, 5.41) is 6.29. The Balaban J connectivity index is 1.13. The third kappa shape index (κ3) is 5.93. The molecule has 2 fully saturated rings. The molecular formula is C27H30N4O3S. The Labute approximate surface area is 209 Å². The predicted octanol–water partition coefficient (Wildman–Crippen LogP) is 4.38. The maximum atomic E-state index is 12.9. The Kier molecular flexibility index (Phi) is 7.18. The van der Waals surface area contributed by atoms with Gasteiger partial charge in [0.1, 0.15) is 5.25 Å². The number of piperidine rings is 1. The molecule has 1 saturated heterocycles. The number of amidine groups is 1. The quantitative estimate of drug-likeness (QED) is 0.601. The van der Waals surface area contributed by atoms with Gasteiger partial charge in [0.25, 0.3) is 11.8 Å². The number of hydrogen-bond donors (Lipinski definition) is 2. The zero-order chi connectivity index (χ0) is 24.2. The maximum absolute atomic E-state index is 12.9. The number of anilines is 1. The van der Waals surface area contributed by atoms with Crippen LogP contribution in [-0.2, 0) is 9.59 Å². The molecule has 182 valence electrons. The first kappa shape index (κ1) is 23.6. The summed E-state index contributed by atoms with van der Waals surface area (Å²) < 4.78 is 0. The van der Waals surface area contributed by atoms with Crippen molar-refractivity contribution in [3.05, 3.63) is 65.7 Å². The highest BCUT2D eigenvalue weighted by molar-refractivity contribution is 8.15. The van der Waals surface area contributed by atoms with Gasteiger partial charge in [0.2, 0.25) is 5.91 Å². The van der Waals surface area contributed by atoms with Crippen molar-refractivity contribution in [2.24, 2.45) is 10.9 Å². The van der Waals surface area contributed by atoms with Gasteiger partial charge in [-0.25, -0.2) is 0 Å². The summed E-state index contributed by atoms with van der Waals surface area (Å²) in [6.07, 6.45) is 5.75. The number of hydrogen-bond acceptors (Lipinski definition) is 5. The van der Waals surface area contributed by atoms with Gasteiger partial charge in [-0.2, -0.15) is 4.99 Å². The molecule has 7 nitrogen and oxygen atoms in total. The van der Waals surface area contributed by atoms with Crippen LogP contribution >= 0.6 is 11.8 Å². The lowest BCUT2D eigenvalue weighted by molar-refractivity contribution is -0.121. The average molecular weight is 491 g/mol. The number of carbonyl (C=O) groups is 3. The smallest absolute Gasteiger partial charge is 0.262 e. The number of aliphatic imine (C=N–C) groups is 1. The van der Waals surface area contributed by atoms with Crippen LogP contribution in [0.5, 0.6) is 0 Å². The number of thioether (sulfide) groups is 1. The van der Waals surface area contributed by atoms with Gasteiger partial charge in [0.05, 0.1) is 6.04 Å². The number of amides is 3. The van der Waals surface area contributed by atoms with Gasteiger partial charge >= 0.3 is 0 Å². The second kappa shape index (κ2) is 10.6. The molecule has 2 aliphatic heterocycles. The van der Waals surface area contributed by atoms with Crippen LogP contribution < -0.4 is 10.6 Å². The molecule has 0 radical (unpaired) electrons. The summed E-state index contributed by atoms with van der Waals surface area (Å²) in [5.74, 6) is -0.114. The van der Waals surface area contributed by atoms with Crippen molar-refractivity contribution in [2.45, 2.75) is 49.8 Å². The van der Waals surface area contributed by atoms with E-state index in [0.29, 0.717) is 17.2 Å². The number of rotatable bonds is 7. The topological polar surface area (TPSA) is 90.9 Å². The molecule has 2 N–H and O–H groups in total. The number of likely N-dealkylation sites (tertiary alicyclic amines) is 1. The lowest BCUT2D eigenvalue weighted by atomic mass is 10.0. The Morgan fingerprint density at radius 2 is 1.71 bits per heavy atom. The van der Waals surface area contributed by atoms with E-state index in [1.54, 1.807) is 24.3 Å². The fourth-order valence-corrected chi connectivity index (χ4v) is 5.72. The molecule has 0 spiro atoms. The molecule has 1 aliphatic carbocycles. The molecule has 0 aromatic heterocycles. The van der Waals surface area contributed by atoms with Gasteiger partial charge in [-0.1, -0.05) is 42.1 Å². The largest absolute Gasteiger partial charge is 0.351 e. The molecule has 2 heterocycles. The van der Waals surface area contributed by atoms with Crippen molar-refractivity contribution in [1.82, 2.24) is 10.2 Å². The number of carbonyl (C=O) groups excluding carboxylic acids is 3. The molecular weight excluding hydrogens is 460 g/mol. The highest BCUT2D eigenvalue weighted by atomic mass is 32.2. The molecule has 2 unspecified atom stereocenters. The molecule has 1 saturated carbocycles. The Morgan fingerprint density at radius 1 is 1.00 bits per heavy atom. The standard InChI is InChI=1S/C27H30N4O3S/c32-23(17-22-26(34)30-27(35-22)31-15-5-2-6-16-31)28-21-13-11-20(12-14-21)25(33)29-24(19-9-10-19)18-7-3-1-4-8-18/h1,3-4,7-8,11-14,19,22,24H,2,5-6,9-10,15-17H2,(H,28,32)(H,29,33). The summed E-state index contributed by atoms with van der Waals surface area (Å²) in [7, 11) is 0. The van der Waals surface area contributed by atoms with Crippen molar-refractivity contribution in [2.75, 3.05) is 18.4 Å². The van der Waals surface area contributed by atoms with Crippen LogP contribution in [0.1, 0.15) is 60.5 Å². The van der Waals surface area contributed by atoms with Crippen molar-refractivity contribution in [3.8, 4) is 0 Å². The molecule has 3 amide bonds. The minimum absolute atomic E-state index is 0.0153. The third-order valence-corrected chi connectivity index (χ3v) is 7.91. The van der Waals surface area contributed by atoms with E-state index in [4.69, 9.17) is 0 Å². The lowest BCUT2D eigenvalue weighted by Crippen LogP contribution is -2.33. The highest BCUT2D eigenvalue weighted by Crippen LogP contribution is 2.41. The summed E-state index contributed by atoms with van der Waals surface area (Å²) in [5.41, 5.74) is 2.27. The molecule has 8 heteroatoms. The van der Waals surface area contributed by atoms with Gasteiger partial charge in [0, 0.05) is 30.8 Å². The number of nitrogens with one attached hydrogen (secondary N) is 2. The van der Waals surface area contributed by atoms with E-state index in [0.717, 1.165) is 49.5 Å². The Bertz CT molecular complexity index is 1110. The molecule has 5 rings (SSSR count). The first-order valence-corrected chi connectivity index (χ1v) is 13.2. The summed E-state index contributed by atoms with van der Waals surface area (Å²) in [6, 6.07) is 17.0. The van der Waals surface area contributed by atoms with Gasteiger partial charge in [-0.15, -0.1) is 0 Å². The second-order valence-electron chi connectivity index (χ2n) is 9.42. The Hall–Kier alpha value is -3.13. The SMILES string of the molecule is O=C(CC1SC(N2CCCCC2)=NC1=O)Nc1ccc(C(=O)NC(c2ccccc2)C2CC2)cc1. The van der Waals surface area contributed by atoms with Crippen molar-refractivity contribution in [1.29, 1.82) is 0 Å². The van der Waals surface area contributed by atoms with Crippen LogP contribution in [0.25, 0.3) is 0 Å². The zero-order valence-electron chi connectivity index (χ0n) is 19.6. The van der Waals surface area contributed by atoms with Crippen LogP contribution in [0, 0.1) is 5.92 Å². The summed E-state index contributed by atoms with van der Waals surface area (Å²) in [6.45, 7) is 1.84. The first-order chi connectivity index (χ1) is 17.1. The molecule has 3 aliphatic rings.